The number of rotatable bonds is 0. The Hall–Kier alpha value is -2.04. The van der Waals surface area contributed by atoms with Gasteiger partial charge >= 0.3 is 0 Å². The first-order valence-corrected chi connectivity index (χ1v) is 5.94. The molecule has 0 aliphatic rings. The molecule has 0 aliphatic carbocycles. The number of imidazole rings is 1. The summed E-state index contributed by atoms with van der Waals surface area (Å²) in [4.78, 5) is 9.28. The summed E-state index contributed by atoms with van der Waals surface area (Å²) in [5.74, 6) is 0.957. The van der Waals surface area contributed by atoms with Crippen LogP contribution in [0.2, 0.25) is 0 Å². The number of fused-ring (bicyclic) bond motifs is 3. The van der Waals surface area contributed by atoms with E-state index in [1.54, 1.807) is 0 Å². The molecule has 0 aromatic carbocycles. The van der Waals surface area contributed by atoms with Gasteiger partial charge in [-0.15, -0.1) is 0 Å². The van der Waals surface area contributed by atoms with E-state index in [0.29, 0.717) is 0 Å². The van der Waals surface area contributed by atoms with Crippen LogP contribution in [0.4, 0.5) is 0 Å². The van der Waals surface area contributed by atoms with Gasteiger partial charge in [-0.1, -0.05) is 0 Å². The van der Waals surface area contributed by atoms with Gasteiger partial charge in [0.05, 0.1) is 11.4 Å². The summed E-state index contributed by atoms with van der Waals surface area (Å²) in [6.07, 6.45) is 0. The predicted octanol–water partition coefficient (Wildman–Crippen LogP) is 2.15. The van der Waals surface area contributed by atoms with Crippen LogP contribution in [0.1, 0.15) is 22.9 Å². The molecule has 5 heteroatoms. The van der Waals surface area contributed by atoms with Crippen LogP contribution in [0.15, 0.2) is 0 Å². The van der Waals surface area contributed by atoms with Gasteiger partial charge < -0.3 is 4.57 Å². The molecule has 0 bridgehead atoms. The van der Waals surface area contributed by atoms with Gasteiger partial charge in [0.25, 0.3) is 0 Å². The molecule has 0 atom stereocenters. The van der Waals surface area contributed by atoms with Gasteiger partial charge in [-0.05, 0) is 27.7 Å². The van der Waals surface area contributed by atoms with E-state index in [1.807, 2.05) is 39.3 Å². The van der Waals surface area contributed by atoms with Crippen LogP contribution in [0.25, 0.3) is 21.9 Å². The van der Waals surface area contributed by atoms with Gasteiger partial charge in [0.1, 0.15) is 11.3 Å². The van der Waals surface area contributed by atoms with Crippen LogP contribution < -0.4 is 0 Å². The fraction of sp³-hybridized carbons (Fsp3) is 0.385. The summed E-state index contributed by atoms with van der Waals surface area (Å²) in [5.41, 5.74) is 4.63. The number of hydrogen-bond donors (Lipinski definition) is 0. The summed E-state index contributed by atoms with van der Waals surface area (Å²) in [6, 6.07) is 0. The highest BCUT2D eigenvalue weighted by Gasteiger charge is 2.16. The van der Waals surface area contributed by atoms with E-state index in [-0.39, 0.29) is 0 Å². The first-order chi connectivity index (χ1) is 8.50. The summed E-state index contributed by atoms with van der Waals surface area (Å²) in [7, 11) is 1.99. The van der Waals surface area contributed by atoms with Crippen molar-refractivity contribution in [2.45, 2.75) is 27.7 Å². The van der Waals surface area contributed by atoms with E-state index >= 15 is 0 Å². The lowest BCUT2D eigenvalue weighted by Gasteiger charge is -2.07. The minimum Gasteiger partial charge on any atom is -0.316 e. The summed E-state index contributed by atoms with van der Waals surface area (Å²) in [6.45, 7) is 7.93. The van der Waals surface area contributed by atoms with Crippen molar-refractivity contribution in [2.24, 2.45) is 7.05 Å². The third-order valence-corrected chi connectivity index (χ3v) is 3.48. The molecule has 5 nitrogen and oxygen atoms in total. The Morgan fingerprint density at radius 2 is 1.39 bits per heavy atom. The van der Waals surface area contributed by atoms with Gasteiger partial charge in [-0.2, -0.15) is 10.2 Å². The molecule has 0 aliphatic heterocycles. The SMILES string of the molecule is Cc1nnc(C)c2c1c(C)nc1c2nc(C)n1C. The van der Waals surface area contributed by atoms with Crippen molar-refractivity contribution in [3.8, 4) is 0 Å². The van der Waals surface area contributed by atoms with Crippen LogP contribution >= 0.6 is 0 Å². The molecule has 18 heavy (non-hydrogen) atoms. The molecule has 3 heterocycles. The minimum absolute atomic E-state index is 0.907. The summed E-state index contributed by atoms with van der Waals surface area (Å²) < 4.78 is 2.01. The highest BCUT2D eigenvalue weighted by atomic mass is 15.1. The van der Waals surface area contributed by atoms with Crippen LogP contribution in [0.3, 0.4) is 0 Å². The van der Waals surface area contributed by atoms with Crippen LogP contribution in [0.5, 0.6) is 0 Å². The second-order valence-corrected chi connectivity index (χ2v) is 4.71. The molecule has 0 fully saturated rings. The van der Waals surface area contributed by atoms with Gasteiger partial charge in [0, 0.05) is 23.5 Å². The maximum atomic E-state index is 4.66. The number of pyridine rings is 1. The van der Waals surface area contributed by atoms with Gasteiger partial charge in [0.2, 0.25) is 0 Å². The molecule has 0 spiro atoms. The maximum absolute atomic E-state index is 4.66. The molecule has 0 amide bonds. The Bertz CT molecular complexity index is 785. The molecule has 0 unspecified atom stereocenters. The Labute approximate surface area is 105 Å². The standard InChI is InChI=1S/C13H15N5/c1-6-10-7(2)16-17-8(3)11(10)12-13(14-6)18(5)9(4)15-12/h1-5H3. The Kier molecular flexibility index (Phi) is 2.14. The zero-order valence-electron chi connectivity index (χ0n) is 11.2. The van der Waals surface area contributed by atoms with Crippen LogP contribution in [-0.2, 0) is 7.05 Å². The van der Waals surface area contributed by atoms with Gasteiger partial charge in [0.15, 0.2) is 5.65 Å². The molecule has 0 N–H and O–H groups in total. The average molecular weight is 241 g/mol. The number of nitrogens with zero attached hydrogens (tertiary/aromatic N) is 5. The van der Waals surface area contributed by atoms with E-state index in [4.69, 9.17) is 0 Å². The smallest absolute Gasteiger partial charge is 0.160 e. The molecule has 3 rings (SSSR count). The number of hydrogen-bond acceptors (Lipinski definition) is 4. The normalized spacial score (nSPS) is 11.6. The molecule has 0 saturated heterocycles. The van der Waals surface area contributed by atoms with E-state index in [1.165, 1.54) is 0 Å². The van der Waals surface area contributed by atoms with Crippen molar-refractivity contribution in [3.05, 3.63) is 22.9 Å². The lowest BCUT2D eigenvalue weighted by molar-refractivity contribution is 0.872. The lowest BCUT2D eigenvalue weighted by atomic mass is 10.1. The molecule has 0 saturated carbocycles. The molecular weight excluding hydrogens is 226 g/mol. The first kappa shape index (κ1) is 11.1. The highest BCUT2D eigenvalue weighted by molar-refractivity contribution is 6.05. The zero-order chi connectivity index (χ0) is 13.0. The number of aryl methyl sites for hydroxylation is 5. The fourth-order valence-electron chi connectivity index (χ4n) is 2.45. The van der Waals surface area contributed by atoms with E-state index < -0.39 is 0 Å². The van der Waals surface area contributed by atoms with Gasteiger partial charge in [-0.3, -0.25) is 0 Å². The monoisotopic (exact) mass is 241 g/mol. The minimum atomic E-state index is 0.907. The topological polar surface area (TPSA) is 56.5 Å². The van der Waals surface area contributed by atoms with Gasteiger partial charge in [-0.25, -0.2) is 9.97 Å². The lowest BCUT2D eigenvalue weighted by Crippen LogP contribution is -1.99. The summed E-state index contributed by atoms with van der Waals surface area (Å²) >= 11 is 0. The van der Waals surface area contributed by atoms with Crippen molar-refractivity contribution in [3.63, 3.8) is 0 Å². The highest BCUT2D eigenvalue weighted by Crippen LogP contribution is 2.28. The van der Waals surface area contributed by atoms with Crippen molar-refractivity contribution in [1.82, 2.24) is 24.7 Å². The van der Waals surface area contributed by atoms with Crippen molar-refractivity contribution in [1.29, 1.82) is 0 Å². The quantitative estimate of drug-likeness (QED) is 0.605. The maximum Gasteiger partial charge on any atom is 0.160 e. The number of aromatic nitrogens is 5. The molecular formula is C13H15N5. The van der Waals surface area contributed by atoms with Crippen molar-refractivity contribution < 1.29 is 0 Å². The average Bonchev–Trinajstić information content (AvgIpc) is 2.60. The van der Waals surface area contributed by atoms with Crippen molar-refractivity contribution >= 4 is 21.9 Å². The molecule has 92 valence electrons. The third-order valence-electron chi connectivity index (χ3n) is 3.48. The van der Waals surface area contributed by atoms with E-state index in [2.05, 4.69) is 20.2 Å². The van der Waals surface area contributed by atoms with Crippen LogP contribution in [0, 0.1) is 27.7 Å². The Balaban J connectivity index is 2.69. The Morgan fingerprint density at radius 1 is 0.778 bits per heavy atom. The van der Waals surface area contributed by atoms with E-state index in [9.17, 15) is 0 Å². The largest absolute Gasteiger partial charge is 0.316 e. The molecule has 3 aromatic rings. The Morgan fingerprint density at radius 3 is 2.06 bits per heavy atom. The molecule has 3 aromatic heterocycles. The zero-order valence-corrected chi connectivity index (χ0v) is 11.2. The van der Waals surface area contributed by atoms with Crippen molar-refractivity contribution in [2.75, 3.05) is 0 Å². The second-order valence-electron chi connectivity index (χ2n) is 4.71. The second kappa shape index (κ2) is 3.48. The van der Waals surface area contributed by atoms with Crippen LogP contribution in [-0.4, -0.2) is 24.7 Å². The first-order valence-electron chi connectivity index (χ1n) is 5.94. The predicted molar refractivity (Wildman–Crippen MR) is 70.6 cm³/mol. The fourth-order valence-corrected chi connectivity index (χ4v) is 2.45. The molecule has 0 radical (unpaired) electrons. The summed E-state index contributed by atoms with van der Waals surface area (Å²) in [5, 5.41) is 10.5. The third kappa shape index (κ3) is 1.27. The van der Waals surface area contributed by atoms with E-state index in [0.717, 1.165) is 44.8 Å².